The molecule has 1 heterocycles. The Kier molecular flexibility index (Phi) is 2.80. The molecule has 0 radical (unpaired) electrons. The summed E-state index contributed by atoms with van der Waals surface area (Å²) in [4.78, 5) is 0. The number of rotatable bonds is 1. The highest BCUT2D eigenvalue weighted by Crippen LogP contribution is 2.35. The molecule has 0 aliphatic rings. The second-order valence-electron chi connectivity index (χ2n) is 4.10. The summed E-state index contributed by atoms with van der Waals surface area (Å²) >= 11 is 0. The number of nitrogen functional groups attached to an aromatic ring is 1. The van der Waals surface area contributed by atoms with Gasteiger partial charge in [-0.25, -0.2) is 0 Å². The summed E-state index contributed by atoms with van der Waals surface area (Å²) in [6, 6.07) is 3.35. The zero-order valence-electron chi connectivity index (χ0n) is 9.92. The molecule has 0 fully saturated rings. The molecule has 3 nitrogen and oxygen atoms in total. The quantitative estimate of drug-likeness (QED) is 0.796. The lowest BCUT2D eigenvalue weighted by atomic mass is 10.0. The number of hydrogen-bond acceptors (Lipinski definition) is 2. The fraction of sp³-hybridized carbons (Fsp3) is 0.250. The SMILES string of the molecule is Cc1nn(C)cc1-c1ccc(C(F)(F)F)cc1N. The van der Waals surface area contributed by atoms with Crippen LogP contribution in [0.3, 0.4) is 0 Å². The van der Waals surface area contributed by atoms with Crippen molar-refractivity contribution in [2.24, 2.45) is 7.05 Å². The van der Waals surface area contributed by atoms with Crippen molar-refractivity contribution in [2.75, 3.05) is 5.73 Å². The average molecular weight is 255 g/mol. The first-order valence-electron chi connectivity index (χ1n) is 5.26. The fourth-order valence-corrected chi connectivity index (χ4v) is 1.85. The number of nitrogens with zero attached hydrogens (tertiary/aromatic N) is 2. The van der Waals surface area contributed by atoms with Crippen LogP contribution < -0.4 is 5.73 Å². The van der Waals surface area contributed by atoms with Crippen molar-refractivity contribution in [1.29, 1.82) is 0 Å². The highest BCUT2D eigenvalue weighted by molar-refractivity contribution is 5.77. The Labute approximate surface area is 102 Å². The predicted octanol–water partition coefficient (Wildman–Crippen LogP) is 3.00. The molecule has 0 amide bonds. The van der Waals surface area contributed by atoms with Crippen LogP contribution in [0.5, 0.6) is 0 Å². The maximum atomic E-state index is 12.5. The molecule has 2 N–H and O–H groups in total. The second-order valence-corrected chi connectivity index (χ2v) is 4.10. The summed E-state index contributed by atoms with van der Waals surface area (Å²) in [5.41, 5.74) is 7.07. The van der Waals surface area contributed by atoms with E-state index >= 15 is 0 Å². The van der Waals surface area contributed by atoms with Crippen molar-refractivity contribution in [3.63, 3.8) is 0 Å². The number of anilines is 1. The molecule has 6 heteroatoms. The Hall–Kier alpha value is -1.98. The van der Waals surface area contributed by atoms with E-state index in [-0.39, 0.29) is 5.69 Å². The number of aromatic nitrogens is 2. The van der Waals surface area contributed by atoms with E-state index in [1.807, 2.05) is 0 Å². The molecule has 0 saturated heterocycles. The van der Waals surface area contributed by atoms with Gasteiger partial charge in [-0.05, 0) is 19.1 Å². The summed E-state index contributed by atoms with van der Waals surface area (Å²) in [6.45, 7) is 1.78. The first-order valence-corrected chi connectivity index (χ1v) is 5.26. The van der Waals surface area contributed by atoms with Crippen LogP contribution in [0.4, 0.5) is 18.9 Å². The number of halogens is 3. The van der Waals surface area contributed by atoms with Gasteiger partial charge in [-0.2, -0.15) is 18.3 Å². The molecule has 1 aromatic carbocycles. The van der Waals surface area contributed by atoms with Crippen LogP contribution >= 0.6 is 0 Å². The molecule has 2 rings (SSSR count). The van der Waals surface area contributed by atoms with E-state index in [1.165, 1.54) is 6.07 Å². The molecule has 0 spiro atoms. The predicted molar refractivity (Wildman–Crippen MR) is 62.8 cm³/mol. The molecule has 0 saturated carbocycles. The maximum absolute atomic E-state index is 12.5. The highest BCUT2D eigenvalue weighted by Gasteiger charge is 2.31. The van der Waals surface area contributed by atoms with Gasteiger partial charge in [-0.15, -0.1) is 0 Å². The first kappa shape index (κ1) is 12.5. The normalized spacial score (nSPS) is 11.8. The Morgan fingerprint density at radius 3 is 2.33 bits per heavy atom. The van der Waals surface area contributed by atoms with Gasteiger partial charge in [0.2, 0.25) is 0 Å². The van der Waals surface area contributed by atoms with Crippen LogP contribution in [-0.2, 0) is 13.2 Å². The van der Waals surface area contributed by atoms with Crippen molar-refractivity contribution in [2.45, 2.75) is 13.1 Å². The van der Waals surface area contributed by atoms with Gasteiger partial charge in [0.15, 0.2) is 0 Å². The Morgan fingerprint density at radius 1 is 1.22 bits per heavy atom. The average Bonchev–Trinajstić information content (AvgIpc) is 2.56. The third-order valence-electron chi connectivity index (χ3n) is 2.68. The van der Waals surface area contributed by atoms with Crippen LogP contribution in [0.15, 0.2) is 24.4 Å². The van der Waals surface area contributed by atoms with E-state index in [1.54, 1.807) is 24.9 Å². The van der Waals surface area contributed by atoms with Crippen molar-refractivity contribution in [1.82, 2.24) is 9.78 Å². The third kappa shape index (κ3) is 2.18. The topological polar surface area (TPSA) is 43.8 Å². The van der Waals surface area contributed by atoms with Gasteiger partial charge in [0.1, 0.15) is 0 Å². The molecule has 0 bridgehead atoms. The van der Waals surface area contributed by atoms with Gasteiger partial charge < -0.3 is 5.73 Å². The standard InChI is InChI=1S/C12H12F3N3/c1-7-10(6-18(2)17-7)9-4-3-8(5-11(9)16)12(13,14)15/h3-6H,16H2,1-2H3. The lowest BCUT2D eigenvalue weighted by Gasteiger charge is -2.10. The molecule has 0 aliphatic heterocycles. The molecule has 0 aliphatic carbocycles. The monoisotopic (exact) mass is 255 g/mol. The number of nitrogens with two attached hydrogens (primary N) is 1. The van der Waals surface area contributed by atoms with Crippen molar-refractivity contribution < 1.29 is 13.2 Å². The van der Waals surface area contributed by atoms with E-state index in [9.17, 15) is 13.2 Å². The lowest BCUT2D eigenvalue weighted by Crippen LogP contribution is -2.06. The van der Waals surface area contributed by atoms with Crippen LogP contribution in [0.1, 0.15) is 11.3 Å². The zero-order valence-corrected chi connectivity index (χ0v) is 9.92. The van der Waals surface area contributed by atoms with E-state index in [2.05, 4.69) is 5.10 Å². The van der Waals surface area contributed by atoms with E-state index < -0.39 is 11.7 Å². The van der Waals surface area contributed by atoms with Gasteiger partial charge in [0.25, 0.3) is 0 Å². The molecule has 1 aromatic heterocycles. The Morgan fingerprint density at radius 2 is 1.89 bits per heavy atom. The minimum Gasteiger partial charge on any atom is -0.398 e. The number of alkyl halides is 3. The highest BCUT2D eigenvalue weighted by atomic mass is 19.4. The van der Waals surface area contributed by atoms with Gasteiger partial charge in [-0.1, -0.05) is 6.07 Å². The summed E-state index contributed by atoms with van der Waals surface area (Å²) in [7, 11) is 1.75. The number of aryl methyl sites for hydroxylation is 2. The van der Waals surface area contributed by atoms with E-state index in [0.717, 1.165) is 23.4 Å². The smallest absolute Gasteiger partial charge is 0.398 e. The first-order chi connectivity index (χ1) is 8.29. The van der Waals surface area contributed by atoms with Crippen LogP contribution in [0, 0.1) is 6.92 Å². The van der Waals surface area contributed by atoms with Crippen molar-refractivity contribution >= 4 is 5.69 Å². The van der Waals surface area contributed by atoms with Crippen LogP contribution in [0.25, 0.3) is 11.1 Å². The largest absolute Gasteiger partial charge is 0.416 e. The van der Waals surface area contributed by atoms with E-state index in [0.29, 0.717) is 5.56 Å². The van der Waals surface area contributed by atoms with Gasteiger partial charge >= 0.3 is 6.18 Å². The van der Waals surface area contributed by atoms with Crippen LogP contribution in [0.2, 0.25) is 0 Å². The minimum atomic E-state index is -4.38. The summed E-state index contributed by atoms with van der Waals surface area (Å²) in [5.74, 6) is 0. The van der Waals surface area contributed by atoms with Gasteiger partial charge in [0, 0.05) is 30.1 Å². The van der Waals surface area contributed by atoms with Gasteiger partial charge in [-0.3, -0.25) is 4.68 Å². The van der Waals surface area contributed by atoms with Crippen LogP contribution in [-0.4, -0.2) is 9.78 Å². The molecule has 2 aromatic rings. The van der Waals surface area contributed by atoms with E-state index in [4.69, 9.17) is 5.73 Å². The summed E-state index contributed by atoms with van der Waals surface area (Å²) < 4.78 is 39.1. The summed E-state index contributed by atoms with van der Waals surface area (Å²) in [5, 5.41) is 4.14. The molecule has 96 valence electrons. The maximum Gasteiger partial charge on any atom is 0.416 e. The Bertz CT molecular complexity index is 585. The number of benzene rings is 1. The molecule has 0 unspecified atom stereocenters. The molecule has 18 heavy (non-hydrogen) atoms. The Balaban J connectivity index is 2.51. The molecular formula is C12H12F3N3. The third-order valence-corrected chi connectivity index (χ3v) is 2.68. The number of hydrogen-bond donors (Lipinski definition) is 1. The summed E-state index contributed by atoms with van der Waals surface area (Å²) in [6.07, 6.45) is -2.65. The molecular weight excluding hydrogens is 243 g/mol. The second kappa shape index (κ2) is 4.04. The lowest BCUT2D eigenvalue weighted by molar-refractivity contribution is -0.137. The molecule has 0 atom stereocenters. The minimum absolute atomic E-state index is 0.0981. The van der Waals surface area contributed by atoms with Crippen molar-refractivity contribution in [3.05, 3.63) is 35.7 Å². The van der Waals surface area contributed by atoms with Gasteiger partial charge in [0.05, 0.1) is 11.3 Å². The zero-order chi connectivity index (χ0) is 13.5. The fourth-order valence-electron chi connectivity index (χ4n) is 1.85. The van der Waals surface area contributed by atoms with Crippen molar-refractivity contribution in [3.8, 4) is 11.1 Å².